The SMILES string of the molecule is COC(=O)C(C)CN(C)C(=O)NOCC(=O)O. The first-order chi connectivity index (χ1) is 7.88. The highest BCUT2D eigenvalue weighted by Crippen LogP contribution is 2.00. The average Bonchev–Trinajstić information content (AvgIpc) is 2.26. The third-order valence-corrected chi connectivity index (χ3v) is 1.85. The Bertz CT molecular complexity index is 293. The molecule has 1 atom stereocenters. The second kappa shape index (κ2) is 7.44. The molecule has 0 bridgehead atoms. The Kier molecular flexibility index (Phi) is 6.64. The molecule has 0 saturated carbocycles. The van der Waals surface area contributed by atoms with E-state index in [2.05, 4.69) is 9.57 Å². The van der Waals surface area contributed by atoms with E-state index in [1.54, 1.807) is 6.92 Å². The number of hydrogen-bond acceptors (Lipinski definition) is 5. The Morgan fingerprint density at radius 2 is 2.00 bits per heavy atom. The van der Waals surface area contributed by atoms with E-state index >= 15 is 0 Å². The molecule has 98 valence electrons. The van der Waals surface area contributed by atoms with Crippen molar-refractivity contribution < 1.29 is 29.1 Å². The van der Waals surface area contributed by atoms with Gasteiger partial charge in [-0.15, -0.1) is 0 Å². The average molecular weight is 248 g/mol. The Balaban J connectivity index is 3.96. The molecule has 0 aliphatic rings. The number of esters is 1. The van der Waals surface area contributed by atoms with Gasteiger partial charge in [0.05, 0.1) is 13.0 Å². The summed E-state index contributed by atoms with van der Waals surface area (Å²) >= 11 is 0. The van der Waals surface area contributed by atoms with E-state index in [1.807, 2.05) is 5.48 Å². The molecule has 0 aliphatic carbocycles. The maximum Gasteiger partial charge on any atom is 0.341 e. The number of carboxylic acids is 1. The van der Waals surface area contributed by atoms with Gasteiger partial charge in [0.2, 0.25) is 0 Å². The second-order valence-corrected chi connectivity index (χ2v) is 3.39. The van der Waals surface area contributed by atoms with E-state index in [0.29, 0.717) is 0 Å². The van der Waals surface area contributed by atoms with Gasteiger partial charge in [-0.3, -0.25) is 9.63 Å². The lowest BCUT2D eigenvalue weighted by atomic mass is 10.2. The van der Waals surface area contributed by atoms with Gasteiger partial charge in [-0.05, 0) is 0 Å². The van der Waals surface area contributed by atoms with Crippen LogP contribution in [-0.2, 0) is 19.2 Å². The van der Waals surface area contributed by atoms with Gasteiger partial charge in [0.15, 0.2) is 6.61 Å². The van der Waals surface area contributed by atoms with E-state index in [-0.39, 0.29) is 6.54 Å². The number of amides is 2. The van der Waals surface area contributed by atoms with Crippen LogP contribution in [0.5, 0.6) is 0 Å². The predicted molar refractivity (Wildman–Crippen MR) is 55.9 cm³/mol. The first-order valence-corrected chi connectivity index (χ1v) is 4.81. The first kappa shape index (κ1) is 15.2. The van der Waals surface area contributed by atoms with E-state index in [1.165, 1.54) is 19.1 Å². The zero-order chi connectivity index (χ0) is 13.4. The van der Waals surface area contributed by atoms with Gasteiger partial charge in [0.25, 0.3) is 0 Å². The Morgan fingerprint density at radius 1 is 1.41 bits per heavy atom. The number of urea groups is 1. The van der Waals surface area contributed by atoms with Crippen LogP contribution in [0.4, 0.5) is 4.79 Å². The number of nitrogens with zero attached hydrogens (tertiary/aromatic N) is 1. The third kappa shape index (κ3) is 6.36. The van der Waals surface area contributed by atoms with Crippen molar-refractivity contribution in [3.8, 4) is 0 Å². The van der Waals surface area contributed by atoms with Crippen LogP contribution in [0.25, 0.3) is 0 Å². The van der Waals surface area contributed by atoms with Crippen LogP contribution in [-0.4, -0.2) is 55.3 Å². The fourth-order valence-electron chi connectivity index (χ4n) is 1.01. The van der Waals surface area contributed by atoms with Crippen molar-refractivity contribution >= 4 is 18.0 Å². The van der Waals surface area contributed by atoms with Gasteiger partial charge in [-0.1, -0.05) is 6.92 Å². The molecule has 1 unspecified atom stereocenters. The maximum atomic E-state index is 11.3. The van der Waals surface area contributed by atoms with Crippen LogP contribution in [0.15, 0.2) is 0 Å². The topological polar surface area (TPSA) is 105 Å². The highest BCUT2D eigenvalue weighted by Gasteiger charge is 2.18. The molecule has 0 radical (unpaired) electrons. The minimum absolute atomic E-state index is 0.134. The van der Waals surface area contributed by atoms with Crippen LogP contribution in [0.2, 0.25) is 0 Å². The van der Waals surface area contributed by atoms with Crippen LogP contribution >= 0.6 is 0 Å². The number of carbonyl (C=O) groups is 3. The fourth-order valence-corrected chi connectivity index (χ4v) is 1.01. The first-order valence-electron chi connectivity index (χ1n) is 4.81. The van der Waals surface area contributed by atoms with Gasteiger partial charge in [-0.2, -0.15) is 0 Å². The van der Waals surface area contributed by atoms with Crippen LogP contribution in [0.1, 0.15) is 6.92 Å². The number of ether oxygens (including phenoxy) is 1. The molecule has 0 spiro atoms. The zero-order valence-electron chi connectivity index (χ0n) is 9.93. The molecule has 0 aliphatic heterocycles. The number of carbonyl (C=O) groups excluding carboxylic acids is 2. The highest BCUT2D eigenvalue weighted by molar-refractivity contribution is 5.76. The summed E-state index contributed by atoms with van der Waals surface area (Å²) in [7, 11) is 2.70. The molecular weight excluding hydrogens is 232 g/mol. The maximum absolute atomic E-state index is 11.3. The number of rotatable bonds is 6. The largest absolute Gasteiger partial charge is 0.479 e. The molecule has 0 heterocycles. The van der Waals surface area contributed by atoms with Crippen molar-refractivity contribution in [3.63, 3.8) is 0 Å². The number of nitrogens with one attached hydrogen (secondary N) is 1. The molecule has 2 N–H and O–H groups in total. The summed E-state index contributed by atoms with van der Waals surface area (Å²) in [6, 6.07) is -0.637. The Morgan fingerprint density at radius 3 is 2.47 bits per heavy atom. The Labute approximate surface area is 98.4 Å². The molecule has 8 heteroatoms. The van der Waals surface area contributed by atoms with Crippen molar-refractivity contribution in [1.82, 2.24) is 10.4 Å². The third-order valence-electron chi connectivity index (χ3n) is 1.85. The van der Waals surface area contributed by atoms with Gasteiger partial charge in [0, 0.05) is 13.6 Å². The molecule has 8 nitrogen and oxygen atoms in total. The molecule has 0 aromatic heterocycles. The minimum atomic E-state index is -1.20. The minimum Gasteiger partial charge on any atom is -0.479 e. The van der Waals surface area contributed by atoms with E-state index < -0.39 is 30.5 Å². The van der Waals surface area contributed by atoms with Gasteiger partial charge >= 0.3 is 18.0 Å². The molecule has 0 aromatic carbocycles. The fraction of sp³-hybridized carbons (Fsp3) is 0.667. The number of methoxy groups -OCH3 is 1. The van der Waals surface area contributed by atoms with Crippen LogP contribution in [0, 0.1) is 5.92 Å². The monoisotopic (exact) mass is 248 g/mol. The normalized spacial score (nSPS) is 11.5. The quantitative estimate of drug-likeness (QED) is 0.483. The van der Waals surface area contributed by atoms with E-state index in [4.69, 9.17) is 5.11 Å². The summed E-state index contributed by atoms with van der Waals surface area (Å²) in [4.78, 5) is 38.1. The predicted octanol–water partition coefficient (Wildman–Crippen LogP) is -0.547. The molecule has 0 aromatic rings. The van der Waals surface area contributed by atoms with Crippen molar-refractivity contribution in [2.75, 3.05) is 27.3 Å². The summed E-state index contributed by atoms with van der Waals surface area (Å²) in [5.74, 6) is -2.11. The zero-order valence-corrected chi connectivity index (χ0v) is 9.93. The summed E-state index contributed by atoms with van der Waals surface area (Å²) in [6.07, 6.45) is 0. The lowest BCUT2D eigenvalue weighted by Crippen LogP contribution is -2.41. The van der Waals surface area contributed by atoms with Gasteiger partial charge < -0.3 is 14.7 Å². The van der Waals surface area contributed by atoms with Crippen molar-refractivity contribution in [3.05, 3.63) is 0 Å². The summed E-state index contributed by atoms with van der Waals surface area (Å²) in [5, 5.41) is 8.26. The molecular formula is C9H16N2O6. The lowest BCUT2D eigenvalue weighted by Gasteiger charge is -2.20. The number of hydroxylamine groups is 1. The number of hydrogen-bond donors (Lipinski definition) is 2. The molecule has 2 amide bonds. The van der Waals surface area contributed by atoms with Crippen LogP contribution in [0.3, 0.4) is 0 Å². The molecule has 0 rings (SSSR count). The van der Waals surface area contributed by atoms with Crippen molar-refractivity contribution in [2.24, 2.45) is 5.92 Å². The summed E-state index contributed by atoms with van der Waals surface area (Å²) in [6.45, 7) is 1.11. The van der Waals surface area contributed by atoms with E-state index in [0.717, 1.165) is 0 Å². The standard InChI is InChI=1S/C9H16N2O6/c1-6(8(14)16-3)4-11(2)9(15)10-17-5-7(12)13/h6H,4-5H2,1-3H3,(H,10,15)(H,12,13). The smallest absolute Gasteiger partial charge is 0.341 e. The van der Waals surface area contributed by atoms with Crippen LogP contribution < -0.4 is 5.48 Å². The summed E-state index contributed by atoms with van der Waals surface area (Å²) in [5.41, 5.74) is 1.93. The van der Waals surface area contributed by atoms with E-state index in [9.17, 15) is 14.4 Å². The molecule has 17 heavy (non-hydrogen) atoms. The van der Waals surface area contributed by atoms with Crippen molar-refractivity contribution in [2.45, 2.75) is 6.92 Å². The number of carboxylic acid groups (broad SMARTS) is 1. The summed E-state index contributed by atoms with van der Waals surface area (Å²) < 4.78 is 4.50. The lowest BCUT2D eigenvalue weighted by molar-refractivity contribution is -0.145. The molecule has 0 saturated heterocycles. The highest BCUT2D eigenvalue weighted by atomic mass is 16.7. The van der Waals surface area contributed by atoms with Gasteiger partial charge in [-0.25, -0.2) is 15.1 Å². The second-order valence-electron chi connectivity index (χ2n) is 3.39. The molecule has 0 fully saturated rings. The number of aliphatic carboxylic acids is 1. The van der Waals surface area contributed by atoms with Gasteiger partial charge in [0.1, 0.15) is 0 Å². The van der Waals surface area contributed by atoms with Crippen molar-refractivity contribution in [1.29, 1.82) is 0 Å². The Hall–Kier alpha value is -1.83.